The highest BCUT2D eigenvalue weighted by Crippen LogP contribution is 2.21. The molecule has 1 aliphatic carbocycles. The minimum Gasteiger partial charge on any atom is -0.350 e. The summed E-state index contributed by atoms with van der Waals surface area (Å²) in [6.45, 7) is 3.04. The quantitative estimate of drug-likeness (QED) is 0.826. The van der Waals surface area contributed by atoms with Gasteiger partial charge in [-0.25, -0.2) is 0 Å². The van der Waals surface area contributed by atoms with Crippen molar-refractivity contribution in [3.8, 4) is 0 Å². The molecule has 0 fully saturated rings. The second-order valence-electron chi connectivity index (χ2n) is 6.38. The lowest BCUT2D eigenvalue weighted by Crippen LogP contribution is -2.24. The van der Waals surface area contributed by atoms with Gasteiger partial charge in [-0.3, -0.25) is 4.90 Å². The van der Waals surface area contributed by atoms with Crippen LogP contribution in [0.25, 0.3) is 0 Å². The number of allylic oxidation sites excluding steroid dienone is 6. The van der Waals surface area contributed by atoms with Crippen LogP contribution in [-0.2, 0) is 6.54 Å². The van der Waals surface area contributed by atoms with E-state index in [1.54, 1.807) is 0 Å². The van der Waals surface area contributed by atoms with Gasteiger partial charge in [-0.2, -0.15) is 0 Å². The fraction of sp³-hybridized carbons (Fsp3) is 0.238. The third-order valence-corrected chi connectivity index (χ3v) is 4.21. The Morgan fingerprint density at radius 1 is 0.957 bits per heavy atom. The summed E-state index contributed by atoms with van der Waals surface area (Å²) in [7, 11) is 4.20. The van der Waals surface area contributed by atoms with Crippen LogP contribution in [0.4, 0.5) is 0 Å². The fourth-order valence-corrected chi connectivity index (χ4v) is 2.84. The maximum atomic E-state index is 2.24. The predicted molar refractivity (Wildman–Crippen MR) is 97.8 cm³/mol. The highest BCUT2D eigenvalue weighted by Gasteiger charge is 2.10. The maximum Gasteiger partial charge on any atom is 0.0470 e. The Bertz CT molecular complexity index is 685. The van der Waals surface area contributed by atoms with Gasteiger partial charge >= 0.3 is 0 Å². The number of aryl methyl sites for hydroxylation is 1. The molecule has 0 unspecified atom stereocenters. The van der Waals surface area contributed by atoms with Crippen molar-refractivity contribution in [3.05, 3.63) is 95.4 Å². The molecule has 0 spiro atoms. The molecular formula is C21H24N2. The van der Waals surface area contributed by atoms with Gasteiger partial charge < -0.3 is 4.90 Å². The summed E-state index contributed by atoms with van der Waals surface area (Å²) in [5.74, 6) is 0. The second-order valence-corrected chi connectivity index (χ2v) is 6.38. The van der Waals surface area contributed by atoms with Gasteiger partial charge in [0.2, 0.25) is 0 Å². The van der Waals surface area contributed by atoms with Crippen LogP contribution in [0.2, 0.25) is 0 Å². The zero-order chi connectivity index (χ0) is 16.2. The van der Waals surface area contributed by atoms with Gasteiger partial charge in [0.15, 0.2) is 0 Å². The molecule has 1 aromatic carbocycles. The first-order valence-electron chi connectivity index (χ1n) is 8.06. The van der Waals surface area contributed by atoms with Gasteiger partial charge in [-0.05, 0) is 49.9 Å². The molecule has 118 valence electrons. The van der Waals surface area contributed by atoms with E-state index in [1.807, 2.05) is 0 Å². The molecule has 0 bridgehead atoms. The summed E-state index contributed by atoms with van der Waals surface area (Å²) in [6, 6.07) is 9.07. The number of nitrogens with zero attached hydrogens (tertiary/aromatic N) is 2. The van der Waals surface area contributed by atoms with E-state index in [0.29, 0.717) is 6.04 Å². The Labute approximate surface area is 139 Å². The molecule has 2 aliphatic rings. The van der Waals surface area contributed by atoms with Crippen molar-refractivity contribution in [2.24, 2.45) is 0 Å². The average Bonchev–Trinajstić information content (AvgIpc) is 2.56. The molecule has 1 aromatic rings. The molecule has 1 aliphatic heterocycles. The van der Waals surface area contributed by atoms with Crippen molar-refractivity contribution in [3.63, 3.8) is 0 Å². The zero-order valence-corrected chi connectivity index (χ0v) is 14.1. The topological polar surface area (TPSA) is 6.48 Å². The van der Waals surface area contributed by atoms with Crippen LogP contribution < -0.4 is 0 Å². The molecule has 0 aromatic heterocycles. The van der Waals surface area contributed by atoms with Crippen molar-refractivity contribution in [1.82, 2.24) is 9.80 Å². The van der Waals surface area contributed by atoms with E-state index in [4.69, 9.17) is 0 Å². The highest BCUT2D eigenvalue weighted by molar-refractivity contribution is 5.50. The summed E-state index contributed by atoms with van der Waals surface area (Å²) in [6.07, 6.45) is 17.6. The first-order valence-corrected chi connectivity index (χ1v) is 8.06. The number of likely N-dealkylation sites (N-methyl/N-ethyl adjacent to an activating group) is 1. The maximum absolute atomic E-state index is 2.24. The molecule has 0 N–H and O–H groups in total. The first kappa shape index (κ1) is 15.6. The number of hydrogen-bond acceptors (Lipinski definition) is 2. The van der Waals surface area contributed by atoms with Gasteiger partial charge in [-0.1, -0.05) is 54.1 Å². The Balaban J connectivity index is 1.68. The molecule has 0 amide bonds. The number of hydrogen-bond donors (Lipinski definition) is 0. The molecule has 2 nitrogen and oxygen atoms in total. The second kappa shape index (κ2) is 6.84. The third kappa shape index (κ3) is 3.91. The van der Waals surface area contributed by atoms with Crippen molar-refractivity contribution in [1.29, 1.82) is 0 Å². The van der Waals surface area contributed by atoms with Crippen molar-refractivity contribution in [2.75, 3.05) is 14.1 Å². The van der Waals surface area contributed by atoms with Crippen molar-refractivity contribution >= 4 is 0 Å². The molecule has 1 heterocycles. The van der Waals surface area contributed by atoms with Crippen LogP contribution in [0, 0.1) is 6.92 Å². The van der Waals surface area contributed by atoms with Crippen LogP contribution in [0.1, 0.15) is 11.1 Å². The molecule has 0 saturated heterocycles. The molecule has 3 rings (SSSR count). The van der Waals surface area contributed by atoms with E-state index in [1.165, 1.54) is 22.3 Å². The average molecular weight is 304 g/mol. The Morgan fingerprint density at radius 2 is 1.61 bits per heavy atom. The smallest absolute Gasteiger partial charge is 0.0470 e. The largest absolute Gasteiger partial charge is 0.350 e. The van der Waals surface area contributed by atoms with Gasteiger partial charge in [0.1, 0.15) is 0 Å². The van der Waals surface area contributed by atoms with Crippen molar-refractivity contribution < 1.29 is 0 Å². The van der Waals surface area contributed by atoms with Gasteiger partial charge in [-0.15, -0.1) is 0 Å². The van der Waals surface area contributed by atoms with E-state index in [9.17, 15) is 0 Å². The molecule has 23 heavy (non-hydrogen) atoms. The van der Waals surface area contributed by atoms with E-state index in [-0.39, 0.29) is 0 Å². The Morgan fingerprint density at radius 3 is 2.22 bits per heavy atom. The lowest BCUT2D eigenvalue weighted by atomic mass is 9.99. The van der Waals surface area contributed by atoms with E-state index >= 15 is 0 Å². The van der Waals surface area contributed by atoms with Crippen LogP contribution >= 0.6 is 0 Å². The number of benzene rings is 1. The molecule has 0 atom stereocenters. The lowest BCUT2D eigenvalue weighted by molar-refractivity contribution is 0.390. The van der Waals surface area contributed by atoms with E-state index in [2.05, 4.69) is 104 Å². The van der Waals surface area contributed by atoms with E-state index in [0.717, 1.165) is 6.54 Å². The predicted octanol–water partition coefficient (Wildman–Crippen LogP) is 4.19. The van der Waals surface area contributed by atoms with Gasteiger partial charge in [0.05, 0.1) is 0 Å². The fourth-order valence-electron chi connectivity index (χ4n) is 2.84. The minimum absolute atomic E-state index is 0.397. The highest BCUT2D eigenvalue weighted by atomic mass is 15.1. The Kier molecular flexibility index (Phi) is 4.63. The SMILES string of the molecule is Cc1cccc(CN2C=CC(=C3C=CC(N(C)C)C=C3)C=C2)c1. The molecule has 0 saturated carbocycles. The van der Waals surface area contributed by atoms with Gasteiger partial charge in [0, 0.05) is 25.0 Å². The van der Waals surface area contributed by atoms with Crippen LogP contribution in [0.15, 0.2) is 84.3 Å². The molecule has 0 radical (unpaired) electrons. The third-order valence-electron chi connectivity index (χ3n) is 4.21. The summed E-state index contributed by atoms with van der Waals surface area (Å²) in [4.78, 5) is 4.42. The molecule has 2 heteroatoms. The summed E-state index contributed by atoms with van der Waals surface area (Å²) in [5.41, 5.74) is 5.17. The minimum atomic E-state index is 0.397. The molecular weight excluding hydrogens is 280 g/mol. The normalized spacial score (nSPS) is 20.0. The monoisotopic (exact) mass is 304 g/mol. The standard InChI is InChI=1S/C21H24N2/c1-17-5-4-6-18(15-17)16-23-13-11-20(12-14-23)19-7-9-21(10-8-19)22(2)3/h4-15,21H,16H2,1-3H3. The first-order chi connectivity index (χ1) is 11.1. The Hall–Kier alpha value is -2.32. The number of rotatable bonds is 3. The lowest BCUT2D eigenvalue weighted by Gasteiger charge is -2.22. The summed E-state index contributed by atoms with van der Waals surface area (Å²) >= 11 is 0. The van der Waals surface area contributed by atoms with Crippen LogP contribution in [0.5, 0.6) is 0 Å². The summed E-state index contributed by atoms with van der Waals surface area (Å²) in [5, 5.41) is 0. The van der Waals surface area contributed by atoms with Gasteiger partial charge in [0.25, 0.3) is 0 Å². The van der Waals surface area contributed by atoms with Crippen LogP contribution in [-0.4, -0.2) is 29.9 Å². The summed E-state index contributed by atoms with van der Waals surface area (Å²) < 4.78 is 0. The van der Waals surface area contributed by atoms with E-state index < -0.39 is 0 Å². The van der Waals surface area contributed by atoms with Crippen molar-refractivity contribution in [2.45, 2.75) is 19.5 Å². The van der Waals surface area contributed by atoms with Crippen LogP contribution in [0.3, 0.4) is 0 Å². The zero-order valence-electron chi connectivity index (χ0n) is 14.1.